The number of nitrogens with two attached hydrogens (primary N) is 1. The molecule has 0 unspecified atom stereocenters. The Kier molecular flexibility index (Phi) is 4.12. The number of benzene rings is 2. The minimum Gasteiger partial charge on any atom is -0.495 e. The van der Waals surface area contributed by atoms with Gasteiger partial charge in [0.2, 0.25) is 0 Å². The molecule has 2 rings (SSSR count). The van der Waals surface area contributed by atoms with Gasteiger partial charge < -0.3 is 15.8 Å². The minimum atomic E-state index is 0.534. The fraction of sp³-hybridized carbons (Fsp3) is 0.0714. The van der Waals surface area contributed by atoms with Crippen molar-refractivity contribution in [2.24, 2.45) is 0 Å². The van der Waals surface area contributed by atoms with Gasteiger partial charge in [-0.05, 0) is 52.9 Å². The van der Waals surface area contributed by atoms with Gasteiger partial charge in [0, 0.05) is 9.26 Å². The molecule has 0 heterocycles. The Hall–Kier alpha value is -1.94. The maximum Gasteiger partial charge on any atom is 0.143 e. The van der Waals surface area contributed by atoms with E-state index < -0.39 is 0 Å². The number of hydrogen-bond acceptors (Lipinski definition) is 4. The van der Waals surface area contributed by atoms with E-state index in [-0.39, 0.29) is 0 Å². The topological polar surface area (TPSA) is 71.1 Å². The zero-order valence-electron chi connectivity index (χ0n) is 10.3. The Morgan fingerprint density at radius 3 is 2.74 bits per heavy atom. The van der Waals surface area contributed by atoms with Crippen LogP contribution in [0.4, 0.5) is 17.1 Å². The lowest BCUT2D eigenvalue weighted by Crippen LogP contribution is -1.99. The molecular weight excluding hydrogens is 353 g/mol. The molecule has 0 aliphatic heterocycles. The van der Waals surface area contributed by atoms with Crippen molar-refractivity contribution in [2.45, 2.75) is 0 Å². The van der Waals surface area contributed by atoms with Crippen LogP contribution < -0.4 is 15.8 Å². The number of nitrogens with one attached hydrogen (secondary N) is 1. The van der Waals surface area contributed by atoms with E-state index in [0.29, 0.717) is 22.7 Å². The molecule has 3 N–H and O–H groups in total. The molecule has 0 saturated carbocycles. The Morgan fingerprint density at radius 2 is 2.11 bits per heavy atom. The average molecular weight is 365 g/mol. The molecule has 0 radical (unpaired) electrons. The molecule has 0 aromatic heterocycles. The summed E-state index contributed by atoms with van der Waals surface area (Å²) in [5.74, 6) is 0.631. The summed E-state index contributed by atoms with van der Waals surface area (Å²) in [5, 5.41) is 12.4. The third-order valence-corrected chi connectivity index (χ3v) is 3.51. The Bertz CT molecular complexity index is 650. The summed E-state index contributed by atoms with van der Waals surface area (Å²) in [5.41, 5.74) is 8.51. The largest absolute Gasteiger partial charge is 0.495 e. The van der Waals surface area contributed by atoms with Crippen molar-refractivity contribution in [2.75, 3.05) is 18.2 Å². The highest BCUT2D eigenvalue weighted by Gasteiger charge is 2.10. The first-order valence-electron chi connectivity index (χ1n) is 5.55. The number of anilines is 3. The van der Waals surface area contributed by atoms with Crippen molar-refractivity contribution in [3.05, 3.63) is 45.5 Å². The van der Waals surface area contributed by atoms with Crippen LogP contribution in [0.25, 0.3) is 0 Å². The highest BCUT2D eigenvalue weighted by atomic mass is 127. The first-order chi connectivity index (χ1) is 9.15. The number of rotatable bonds is 3. The van der Waals surface area contributed by atoms with Crippen molar-refractivity contribution in [1.82, 2.24) is 0 Å². The highest BCUT2D eigenvalue weighted by Crippen LogP contribution is 2.33. The lowest BCUT2D eigenvalue weighted by molar-refractivity contribution is 0.416. The zero-order valence-corrected chi connectivity index (χ0v) is 12.4. The summed E-state index contributed by atoms with van der Waals surface area (Å²) in [4.78, 5) is 0. The molecular formula is C14H12IN3O. The second kappa shape index (κ2) is 5.80. The molecule has 0 aliphatic rings. The van der Waals surface area contributed by atoms with Gasteiger partial charge in [-0.2, -0.15) is 5.26 Å². The summed E-state index contributed by atoms with van der Waals surface area (Å²) in [7, 11) is 1.58. The number of nitriles is 1. The normalized spacial score (nSPS) is 9.74. The number of hydrogen-bond donors (Lipinski definition) is 2. The SMILES string of the molecule is COc1cccc(C#N)c1Nc1ccc(N)cc1I. The minimum absolute atomic E-state index is 0.534. The van der Waals surface area contributed by atoms with Crippen LogP contribution in [0.5, 0.6) is 5.75 Å². The molecule has 0 amide bonds. The van der Waals surface area contributed by atoms with E-state index in [4.69, 9.17) is 15.7 Å². The number of ether oxygens (including phenoxy) is 1. The molecule has 0 spiro atoms. The quantitative estimate of drug-likeness (QED) is 0.645. The van der Waals surface area contributed by atoms with Crippen LogP contribution in [-0.2, 0) is 0 Å². The molecule has 0 fully saturated rings. The van der Waals surface area contributed by atoms with Gasteiger partial charge >= 0.3 is 0 Å². The van der Waals surface area contributed by atoms with Crippen LogP contribution in [0.3, 0.4) is 0 Å². The second-order valence-corrected chi connectivity index (χ2v) is 5.02. The maximum atomic E-state index is 9.16. The summed E-state index contributed by atoms with van der Waals surface area (Å²) in [6.45, 7) is 0. The van der Waals surface area contributed by atoms with Gasteiger partial charge in [-0.25, -0.2) is 0 Å². The van der Waals surface area contributed by atoms with Gasteiger partial charge in [-0.1, -0.05) is 6.07 Å². The van der Waals surface area contributed by atoms with E-state index in [2.05, 4.69) is 34.0 Å². The third-order valence-electron chi connectivity index (χ3n) is 2.62. The van der Waals surface area contributed by atoms with Crippen LogP contribution in [0, 0.1) is 14.9 Å². The van der Waals surface area contributed by atoms with Crippen LogP contribution in [0.2, 0.25) is 0 Å². The van der Waals surface area contributed by atoms with Crippen molar-refractivity contribution in [3.63, 3.8) is 0 Å². The molecule has 0 saturated heterocycles. The molecule has 2 aromatic rings. The van der Waals surface area contributed by atoms with Crippen molar-refractivity contribution < 1.29 is 4.74 Å². The van der Waals surface area contributed by atoms with Gasteiger partial charge in [-0.15, -0.1) is 0 Å². The predicted molar refractivity (Wildman–Crippen MR) is 84.6 cm³/mol. The lowest BCUT2D eigenvalue weighted by atomic mass is 10.1. The monoisotopic (exact) mass is 365 g/mol. The predicted octanol–water partition coefficient (Wildman–Crippen LogP) is 3.50. The number of nitrogens with zero attached hydrogens (tertiary/aromatic N) is 1. The number of para-hydroxylation sites is 1. The van der Waals surface area contributed by atoms with E-state index in [9.17, 15) is 0 Å². The van der Waals surface area contributed by atoms with Gasteiger partial charge in [0.15, 0.2) is 0 Å². The average Bonchev–Trinajstić information content (AvgIpc) is 2.42. The third kappa shape index (κ3) is 2.90. The van der Waals surface area contributed by atoms with Gasteiger partial charge in [0.05, 0.1) is 24.0 Å². The number of halogens is 1. The standard InChI is InChI=1S/C14H12IN3O/c1-19-13-4-2-3-9(8-16)14(13)18-12-6-5-10(17)7-11(12)15/h2-7,18H,17H2,1H3. The van der Waals surface area contributed by atoms with Gasteiger partial charge in [0.1, 0.15) is 11.8 Å². The van der Waals surface area contributed by atoms with Crippen LogP contribution >= 0.6 is 22.6 Å². The Labute approximate surface area is 125 Å². The molecule has 0 atom stereocenters. The molecule has 96 valence electrons. The van der Waals surface area contributed by atoms with Crippen LogP contribution in [-0.4, -0.2) is 7.11 Å². The van der Waals surface area contributed by atoms with Crippen molar-refractivity contribution in [3.8, 4) is 11.8 Å². The summed E-state index contributed by atoms with van der Waals surface area (Å²) in [6.07, 6.45) is 0. The summed E-state index contributed by atoms with van der Waals surface area (Å²) in [6, 6.07) is 13.1. The number of methoxy groups -OCH3 is 1. The molecule has 2 aromatic carbocycles. The van der Waals surface area contributed by atoms with Crippen LogP contribution in [0.15, 0.2) is 36.4 Å². The summed E-state index contributed by atoms with van der Waals surface area (Å²) < 4.78 is 6.26. The zero-order chi connectivity index (χ0) is 13.8. The smallest absolute Gasteiger partial charge is 0.143 e. The molecule has 0 aliphatic carbocycles. The van der Waals surface area contributed by atoms with Crippen molar-refractivity contribution >= 4 is 39.7 Å². The first-order valence-corrected chi connectivity index (χ1v) is 6.62. The fourth-order valence-electron chi connectivity index (χ4n) is 1.69. The first kappa shape index (κ1) is 13.5. The van der Waals surface area contributed by atoms with E-state index in [1.807, 2.05) is 24.3 Å². The molecule has 0 bridgehead atoms. The molecule has 5 heteroatoms. The fourth-order valence-corrected chi connectivity index (χ4v) is 2.36. The Morgan fingerprint density at radius 1 is 1.32 bits per heavy atom. The van der Waals surface area contributed by atoms with Gasteiger partial charge in [0.25, 0.3) is 0 Å². The number of nitrogen functional groups attached to an aromatic ring is 1. The Balaban J connectivity index is 2.46. The molecule has 19 heavy (non-hydrogen) atoms. The second-order valence-electron chi connectivity index (χ2n) is 3.86. The highest BCUT2D eigenvalue weighted by molar-refractivity contribution is 14.1. The van der Waals surface area contributed by atoms with Gasteiger partial charge in [-0.3, -0.25) is 0 Å². The van der Waals surface area contributed by atoms with E-state index in [0.717, 1.165) is 9.26 Å². The summed E-state index contributed by atoms with van der Waals surface area (Å²) >= 11 is 2.19. The maximum absolute atomic E-state index is 9.16. The lowest BCUT2D eigenvalue weighted by Gasteiger charge is -2.14. The van der Waals surface area contributed by atoms with Crippen LogP contribution in [0.1, 0.15) is 5.56 Å². The van der Waals surface area contributed by atoms with E-state index in [1.165, 1.54) is 0 Å². The van der Waals surface area contributed by atoms with E-state index >= 15 is 0 Å². The van der Waals surface area contributed by atoms with E-state index in [1.54, 1.807) is 19.2 Å². The van der Waals surface area contributed by atoms with Crippen molar-refractivity contribution in [1.29, 1.82) is 5.26 Å². The molecule has 4 nitrogen and oxygen atoms in total.